The molecule has 3 rings (SSSR count). The van der Waals surface area contributed by atoms with Gasteiger partial charge in [0, 0.05) is 6.07 Å². The number of carboxylic acid groups (broad SMARTS) is 1. The number of aromatic hydroxyl groups is 1. The zero-order valence-electron chi connectivity index (χ0n) is 16.2. The van der Waals surface area contributed by atoms with Crippen LogP contribution in [0.5, 0.6) is 17.2 Å². The minimum absolute atomic E-state index is 0.225. The Labute approximate surface area is 189 Å². The zero-order chi connectivity index (χ0) is 24.6. The molecule has 0 spiro atoms. The van der Waals surface area contributed by atoms with Crippen LogP contribution in [0.3, 0.4) is 0 Å². The van der Waals surface area contributed by atoms with Crippen molar-refractivity contribution in [2.24, 2.45) is 0 Å². The molecule has 0 aromatic heterocycles. The van der Waals surface area contributed by atoms with Crippen LogP contribution in [0.4, 0.5) is 17.6 Å². The molecule has 0 aliphatic rings. The molecule has 0 aliphatic heterocycles. The van der Waals surface area contributed by atoms with Crippen LogP contribution in [0.1, 0.15) is 11.1 Å². The van der Waals surface area contributed by atoms with Crippen LogP contribution in [-0.4, -0.2) is 24.6 Å². The van der Waals surface area contributed by atoms with Crippen LogP contribution in [0.2, 0.25) is 5.02 Å². The third kappa shape index (κ3) is 5.37. The molecular weight excluding hydrogens is 492 g/mol. The second kappa shape index (κ2) is 8.91. The van der Waals surface area contributed by atoms with E-state index < -0.39 is 67.0 Å². The van der Waals surface area contributed by atoms with E-state index in [4.69, 9.17) is 21.4 Å². The first-order valence-electron chi connectivity index (χ1n) is 8.92. The number of rotatable bonds is 6. The smallest absolute Gasteiger partial charge is 0.420 e. The number of carbonyl (C=O) groups is 1. The zero-order valence-corrected chi connectivity index (χ0v) is 17.8. The summed E-state index contributed by atoms with van der Waals surface area (Å²) in [5, 5.41) is 18.3. The van der Waals surface area contributed by atoms with Crippen molar-refractivity contribution in [2.75, 3.05) is 0 Å². The molecule has 33 heavy (non-hydrogen) atoms. The summed E-state index contributed by atoms with van der Waals surface area (Å²) in [7, 11) is -4.39. The van der Waals surface area contributed by atoms with Gasteiger partial charge in [-0.15, -0.1) is 0 Å². The number of ether oxygens (including phenoxy) is 1. The van der Waals surface area contributed by atoms with E-state index in [1.54, 1.807) is 0 Å². The van der Waals surface area contributed by atoms with E-state index in [-0.39, 0.29) is 10.5 Å². The summed E-state index contributed by atoms with van der Waals surface area (Å²) >= 11 is 5.92. The number of phenolic OH excluding ortho intramolecular Hbond substituents is 1. The summed E-state index contributed by atoms with van der Waals surface area (Å²) in [6.45, 7) is 0. The van der Waals surface area contributed by atoms with E-state index in [0.29, 0.717) is 6.07 Å². The number of sulfone groups is 1. The van der Waals surface area contributed by atoms with E-state index in [2.05, 4.69) is 0 Å². The van der Waals surface area contributed by atoms with Crippen molar-refractivity contribution in [1.82, 2.24) is 0 Å². The van der Waals surface area contributed by atoms with E-state index in [1.165, 1.54) is 0 Å². The summed E-state index contributed by atoms with van der Waals surface area (Å²) in [5.74, 6) is -4.08. The highest BCUT2D eigenvalue weighted by molar-refractivity contribution is 7.91. The fraction of sp³-hybridized carbons (Fsp3) is 0.0952. The monoisotopic (exact) mass is 504 g/mol. The number of phenols is 1. The summed E-state index contributed by atoms with van der Waals surface area (Å²) in [6, 6.07) is 7.93. The first-order chi connectivity index (χ1) is 15.3. The van der Waals surface area contributed by atoms with Crippen LogP contribution in [0.25, 0.3) is 0 Å². The SMILES string of the molecule is O=C(O)Cc1cc(Cl)c(Oc2ccc(O)c(S(=O)(=O)c3ccc(F)cc3)c2)c(C(F)(F)F)c1. The number of aliphatic carboxylic acids is 1. The molecule has 174 valence electrons. The molecule has 3 aromatic carbocycles. The maximum Gasteiger partial charge on any atom is 0.420 e. The molecule has 0 bridgehead atoms. The van der Waals surface area contributed by atoms with Crippen molar-refractivity contribution in [3.05, 3.63) is 76.6 Å². The summed E-state index contributed by atoms with van der Waals surface area (Å²) < 4.78 is 84.7. The van der Waals surface area contributed by atoms with E-state index in [0.717, 1.165) is 48.5 Å². The van der Waals surface area contributed by atoms with E-state index in [9.17, 15) is 35.9 Å². The minimum atomic E-state index is -4.98. The lowest BCUT2D eigenvalue weighted by Gasteiger charge is -2.17. The lowest BCUT2D eigenvalue weighted by atomic mass is 10.1. The average Bonchev–Trinajstić information content (AvgIpc) is 2.70. The second-order valence-electron chi connectivity index (χ2n) is 6.71. The number of hydrogen-bond donors (Lipinski definition) is 2. The maximum atomic E-state index is 13.6. The van der Waals surface area contributed by atoms with Crippen molar-refractivity contribution in [3.63, 3.8) is 0 Å². The molecule has 3 aromatic rings. The van der Waals surface area contributed by atoms with E-state index in [1.807, 2.05) is 0 Å². The average molecular weight is 505 g/mol. The number of alkyl halides is 3. The quantitative estimate of drug-likeness (QED) is 0.342. The van der Waals surface area contributed by atoms with Gasteiger partial charge in [-0.25, -0.2) is 12.8 Å². The van der Waals surface area contributed by atoms with Crippen molar-refractivity contribution in [1.29, 1.82) is 0 Å². The molecule has 0 fully saturated rings. The van der Waals surface area contributed by atoms with Crippen molar-refractivity contribution >= 4 is 27.4 Å². The van der Waals surface area contributed by atoms with E-state index >= 15 is 0 Å². The molecule has 6 nitrogen and oxygen atoms in total. The Hall–Kier alpha value is -3.31. The van der Waals surface area contributed by atoms with Crippen LogP contribution in [-0.2, 0) is 27.2 Å². The Morgan fingerprint density at radius 1 is 1.03 bits per heavy atom. The van der Waals surface area contributed by atoms with Crippen LogP contribution >= 0.6 is 11.6 Å². The summed E-state index contributed by atoms with van der Waals surface area (Å²) in [6.07, 6.45) is -5.70. The Morgan fingerprint density at radius 2 is 1.67 bits per heavy atom. The molecule has 2 N–H and O–H groups in total. The lowest BCUT2D eigenvalue weighted by molar-refractivity contribution is -0.139. The largest absolute Gasteiger partial charge is 0.507 e. The Kier molecular flexibility index (Phi) is 6.57. The first kappa shape index (κ1) is 24.3. The van der Waals surface area contributed by atoms with Crippen LogP contribution in [0.15, 0.2) is 64.4 Å². The third-order valence-electron chi connectivity index (χ3n) is 4.33. The molecular formula is C21H13ClF4O6S. The summed E-state index contributed by atoms with van der Waals surface area (Å²) in [5.41, 5.74) is -1.60. The van der Waals surface area contributed by atoms with Crippen molar-refractivity contribution in [3.8, 4) is 17.2 Å². The van der Waals surface area contributed by atoms with Gasteiger partial charge in [0.1, 0.15) is 22.2 Å². The highest BCUT2D eigenvalue weighted by Crippen LogP contribution is 2.44. The molecule has 0 amide bonds. The third-order valence-corrected chi connectivity index (χ3v) is 6.41. The van der Waals surface area contributed by atoms with Gasteiger partial charge in [-0.3, -0.25) is 4.79 Å². The predicted molar refractivity (Wildman–Crippen MR) is 108 cm³/mol. The molecule has 0 aliphatic carbocycles. The molecule has 0 saturated heterocycles. The Bertz CT molecular complexity index is 1320. The van der Waals surface area contributed by atoms with Gasteiger partial charge in [0.25, 0.3) is 0 Å². The number of hydrogen-bond acceptors (Lipinski definition) is 5. The number of carboxylic acids is 1. The molecule has 12 heteroatoms. The first-order valence-corrected chi connectivity index (χ1v) is 10.8. The van der Waals surface area contributed by atoms with Crippen molar-refractivity contribution < 1.29 is 45.7 Å². The second-order valence-corrected chi connectivity index (χ2v) is 9.04. The highest BCUT2D eigenvalue weighted by atomic mass is 35.5. The molecule has 0 heterocycles. The van der Waals surface area contributed by atoms with Gasteiger partial charge < -0.3 is 14.9 Å². The molecule has 0 radical (unpaired) electrons. The van der Waals surface area contributed by atoms with Gasteiger partial charge in [-0.2, -0.15) is 13.2 Å². The van der Waals surface area contributed by atoms with Gasteiger partial charge in [0.15, 0.2) is 5.75 Å². The molecule has 0 unspecified atom stereocenters. The topological polar surface area (TPSA) is 101 Å². The number of benzene rings is 3. The molecule has 0 atom stereocenters. The fourth-order valence-corrected chi connectivity index (χ4v) is 4.52. The van der Waals surface area contributed by atoms with Gasteiger partial charge in [0.05, 0.1) is 21.9 Å². The van der Waals surface area contributed by atoms with Crippen molar-refractivity contribution in [2.45, 2.75) is 22.4 Å². The van der Waals surface area contributed by atoms with Gasteiger partial charge in [-0.1, -0.05) is 11.6 Å². The van der Waals surface area contributed by atoms with Gasteiger partial charge in [0.2, 0.25) is 9.84 Å². The van der Waals surface area contributed by atoms with Crippen LogP contribution in [0, 0.1) is 5.82 Å². The summed E-state index contributed by atoms with van der Waals surface area (Å²) in [4.78, 5) is 9.79. The van der Waals surface area contributed by atoms with Gasteiger partial charge in [-0.05, 0) is 54.1 Å². The Morgan fingerprint density at radius 3 is 2.24 bits per heavy atom. The number of halogens is 5. The maximum absolute atomic E-state index is 13.6. The highest BCUT2D eigenvalue weighted by Gasteiger charge is 2.36. The Balaban J connectivity index is 2.08. The predicted octanol–water partition coefficient (Wildman–Crippen LogP) is 5.46. The standard InChI is InChI=1S/C21H13ClF4O6S/c22-16-8-11(9-19(28)29)7-15(21(24,25)26)20(16)32-13-3-6-17(27)18(10-13)33(30,31)14-4-1-12(23)2-5-14/h1-8,10,27H,9H2,(H,28,29). The molecule has 0 saturated carbocycles. The fourth-order valence-electron chi connectivity index (χ4n) is 2.87. The lowest BCUT2D eigenvalue weighted by Crippen LogP contribution is -2.10. The normalized spacial score (nSPS) is 11.9. The minimum Gasteiger partial charge on any atom is -0.507 e. The van der Waals surface area contributed by atoms with Crippen LogP contribution < -0.4 is 4.74 Å². The van der Waals surface area contributed by atoms with Gasteiger partial charge >= 0.3 is 12.1 Å².